The van der Waals surface area contributed by atoms with Gasteiger partial charge in [-0.1, -0.05) is 47.6 Å². The molecule has 22 heteroatoms. The van der Waals surface area contributed by atoms with Crippen LogP contribution in [0, 0.1) is 11.8 Å². The van der Waals surface area contributed by atoms with Crippen molar-refractivity contribution in [2.45, 2.75) is 116 Å². The van der Waals surface area contributed by atoms with Gasteiger partial charge in [-0.25, -0.2) is 0 Å². The van der Waals surface area contributed by atoms with Crippen LogP contribution in [0.3, 0.4) is 0 Å². The summed E-state index contributed by atoms with van der Waals surface area (Å²) in [5, 5.41) is 20.7. The first-order valence-corrected chi connectivity index (χ1v) is 30.1. The maximum absolute atomic E-state index is 13.0. The maximum atomic E-state index is 13.0. The van der Waals surface area contributed by atoms with Gasteiger partial charge in [0.1, 0.15) is 34.5 Å². The van der Waals surface area contributed by atoms with E-state index >= 15 is 0 Å². The molecular formula is C41H56Cl2F6O10S2Si2. The molecule has 2 aliphatic rings. The summed E-state index contributed by atoms with van der Waals surface area (Å²) >= 11 is 9.53. The van der Waals surface area contributed by atoms with Crippen LogP contribution in [0.1, 0.15) is 76.3 Å². The first-order chi connectivity index (χ1) is 28.4. The van der Waals surface area contributed by atoms with Gasteiger partial charge in [-0.3, -0.25) is 0 Å². The van der Waals surface area contributed by atoms with Crippen LogP contribution in [0.25, 0.3) is 0 Å². The number of allylic oxidation sites excluding steroid dienone is 6. The summed E-state index contributed by atoms with van der Waals surface area (Å²) in [6.07, 6.45) is 7.31. The molecule has 0 fully saturated rings. The van der Waals surface area contributed by atoms with Crippen molar-refractivity contribution >= 4 is 60.1 Å². The van der Waals surface area contributed by atoms with Gasteiger partial charge in [-0.05, 0) is 104 Å². The lowest BCUT2D eigenvalue weighted by Crippen LogP contribution is -2.33. The van der Waals surface area contributed by atoms with Gasteiger partial charge in [-0.2, -0.15) is 43.2 Å². The van der Waals surface area contributed by atoms with Crippen LogP contribution in [0.2, 0.25) is 39.3 Å². The average Bonchev–Trinajstić information content (AvgIpc) is 3.05. The Bertz CT molecular complexity index is 2210. The Kier molecular flexibility index (Phi) is 18.9. The molecule has 4 atom stereocenters. The van der Waals surface area contributed by atoms with E-state index in [1.54, 1.807) is 0 Å². The lowest BCUT2D eigenvalue weighted by Gasteiger charge is -2.35. The second kappa shape index (κ2) is 21.3. The van der Waals surface area contributed by atoms with Crippen LogP contribution in [-0.2, 0) is 20.2 Å². The minimum absolute atomic E-state index is 0.0716. The van der Waals surface area contributed by atoms with Gasteiger partial charge < -0.3 is 27.4 Å². The topological polar surface area (TPSA) is 146 Å². The lowest BCUT2D eigenvalue weighted by atomic mass is 9.74. The number of hydrogen-bond donors (Lipinski definition) is 2. The molecule has 2 N–H and O–H groups in total. The summed E-state index contributed by atoms with van der Waals surface area (Å²) in [6, 6.07) is 3.96. The molecule has 356 valence electrons. The highest BCUT2D eigenvalue weighted by Gasteiger charge is 2.50. The van der Waals surface area contributed by atoms with Gasteiger partial charge in [0.05, 0.1) is 5.34 Å². The third-order valence-electron chi connectivity index (χ3n) is 9.43. The van der Waals surface area contributed by atoms with E-state index in [0.29, 0.717) is 5.56 Å². The van der Waals surface area contributed by atoms with E-state index in [9.17, 15) is 53.4 Å². The number of halogens is 8. The molecule has 0 saturated heterocycles. The lowest BCUT2D eigenvalue weighted by molar-refractivity contribution is -0.0504. The summed E-state index contributed by atoms with van der Waals surface area (Å²) in [7, 11) is -16.3. The largest absolute Gasteiger partial charge is 0.544 e. The average molecular weight is 1010 g/mol. The molecule has 63 heavy (non-hydrogen) atoms. The third kappa shape index (κ3) is 16.0. The van der Waals surface area contributed by atoms with Crippen molar-refractivity contribution in [3.05, 3.63) is 83.0 Å². The van der Waals surface area contributed by atoms with Crippen LogP contribution in [0.5, 0.6) is 34.5 Å². The van der Waals surface area contributed by atoms with Crippen molar-refractivity contribution in [3.8, 4) is 34.5 Å². The van der Waals surface area contributed by atoms with Crippen molar-refractivity contribution < 1.29 is 70.6 Å². The first kappa shape index (κ1) is 55.8. The van der Waals surface area contributed by atoms with Gasteiger partial charge in [-0.15, -0.1) is 23.2 Å². The molecule has 4 rings (SSSR count). The molecule has 0 amide bonds. The smallest absolute Gasteiger partial charge is 0.534 e. The number of aromatic hydroxyl groups is 2. The number of rotatable bonds is 12. The summed E-state index contributed by atoms with van der Waals surface area (Å²) in [4.78, 5) is 0. The third-order valence-corrected chi connectivity index (χ3v) is 13.0. The van der Waals surface area contributed by atoms with Crippen molar-refractivity contribution in [3.63, 3.8) is 0 Å². The minimum Gasteiger partial charge on any atom is -0.544 e. The molecule has 0 heterocycles. The highest BCUT2D eigenvalue weighted by Crippen LogP contribution is 2.50. The van der Waals surface area contributed by atoms with E-state index in [1.165, 1.54) is 17.7 Å². The molecular weight excluding hydrogens is 958 g/mol. The highest BCUT2D eigenvalue weighted by molar-refractivity contribution is 7.88. The number of phenolic OH excluding ortho intramolecular Hbond substituents is 2. The summed E-state index contributed by atoms with van der Waals surface area (Å²) in [6.45, 7) is 27.4. The van der Waals surface area contributed by atoms with Crippen LogP contribution in [0.15, 0.2) is 71.9 Å². The molecule has 0 aliphatic heterocycles. The number of alkyl halides is 8. The molecule has 2 aliphatic carbocycles. The Morgan fingerprint density at radius 1 is 0.667 bits per heavy atom. The maximum Gasteiger partial charge on any atom is 0.534 e. The van der Waals surface area contributed by atoms with Crippen LogP contribution >= 0.6 is 23.2 Å². The second-order valence-electron chi connectivity index (χ2n) is 17.3. The van der Waals surface area contributed by atoms with Gasteiger partial charge in [0.2, 0.25) is 16.6 Å². The zero-order valence-corrected chi connectivity index (χ0v) is 41.9. The first-order valence-electron chi connectivity index (χ1n) is 19.4. The molecule has 2 aromatic rings. The summed E-state index contributed by atoms with van der Waals surface area (Å²) < 4.78 is 143. The fraction of sp³-hybridized carbons (Fsp3) is 0.512. The number of hydrogen-bond acceptors (Lipinski definition) is 10. The Hall–Kier alpha value is -3.31. The Morgan fingerprint density at radius 3 is 1.25 bits per heavy atom. The quantitative estimate of drug-likeness (QED) is 0.0526. The molecule has 10 nitrogen and oxygen atoms in total. The second-order valence-corrected chi connectivity index (χ2v) is 30.0. The number of phenols is 2. The van der Waals surface area contributed by atoms with Gasteiger partial charge in [0.15, 0.2) is 0 Å². The SMILES string of the molecule is C=C(C)[C@@H]1CCC(C)=C[C@@H]1c1c(O)cc(OS(=O)(=O)C(F)(F)F)cc1O.C=C(C)[C@@H]1CCC(C)=C[C@@H]1c1c(O[Si](C)(C)C)cc(OS(=O)(=O)C(F)(F)F)cc1O[Si](C)(C)C.ClCCl. The highest BCUT2D eigenvalue weighted by atomic mass is 35.5. The predicted octanol–water partition coefficient (Wildman–Crippen LogP) is 13.1. The molecule has 0 spiro atoms. The predicted molar refractivity (Wildman–Crippen MR) is 240 cm³/mol. The van der Waals surface area contributed by atoms with Gasteiger partial charge >= 0.3 is 31.3 Å². The van der Waals surface area contributed by atoms with Gasteiger partial charge in [0.25, 0.3) is 0 Å². The van der Waals surface area contributed by atoms with E-state index in [1.807, 2.05) is 73.1 Å². The molecule has 0 unspecified atom stereocenters. The molecule has 2 aromatic carbocycles. The summed E-state index contributed by atoms with van der Waals surface area (Å²) in [5.41, 5.74) is -6.37. The molecule has 0 radical (unpaired) electrons. The van der Waals surface area contributed by atoms with E-state index < -0.39 is 76.8 Å². The zero-order valence-electron chi connectivity index (χ0n) is 36.7. The fourth-order valence-corrected chi connectivity index (χ4v) is 9.48. The van der Waals surface area contributed by atoms with Crippen molar-refractivity contribution in [2.24, 2.45) is 11.8 Å². The Morgan fingerprint density at radius 2 is 0.968 bits per heavy atom. The summed E-state index contributed by atoms with van der Waals surface area (Å²) in [5.74, 6) is -2.50. The van der Waals surface area contributed by atoms with Gasteiger partial charge in [0, 0.05) is 47.2 Å². The fourth-order valence-electron chi connectivity index (χ4n) is 6.93. The standard InChI is InChI=1S/C23H35F3O5SSi2.C17H19F3O5S.CH2Cl2/c1-15(2)18-11-10-16(3)12-19(18)22-20(30-33(4,5)6)13-17(14-21(22)31-34(7,8)9)29-32(27,28)23(24,25)26;1-9(2)12-5-4-10(3)6-13(12)16-14(21)7-11(8-15(16)22)25-26(23,24)17(18,19)20;2-1-3/h12-14,18-19H,1,10-11H2,2-9H3;6-8,12-13,21-22H,1,4-5H2,2-3H3;1H2/t18-,19-;12-,13-;/m00./s1. The Labute approximate surface area is 379 Å². The molecule has 0 saturated carbocycles. The normalized spacial score (nSPS) is 19.8. The number of benzene rings is 2. The minimum atomic E-state index is -5.90. The zero-order chi connectivity index (χ0) is 48.8. The molecule has 0 bridgehead atoms. The van der Waals surface area contributed by atoms with E-state index in [0.717, 1.165) is 54.5 Å². The Balaban J connectivity index is 0.000000420. The van der Waals surface area contributed by atoms with Crippen molar-refractivity contribution in [1.82, 2.24) is 0 Å². The van der Waals surface area contributed by atoms with E-state index in [2.05, 4.69) is 27.6 Å². The van der Waals surface area contributed by atoms with Crippen molar-refractivity contribution in [1.29, 1.82) is 0 Å². The van der Waals surface area contributed by atoms with E-state index in [-0.39, 0.29) is 40.2 Å². The molecule has 0 aromatic heterocycles. The van der Waals surface area contributed by atoms with Crippen LogP contribution in [-0.4, -0.2) is 60.0 Å². The monoisotopic (exact) mass is 1010 g/mol. The van der Waals surface area contributed by atoms with E-state index in [4.69, 9.17) is 32.1 Å². The van der Waals surface area contributed by atoms with Crippen LogP contribution < -0.4 is 17.2 Å². The van der Waals surface area contributed by atoms with Crippen molar-refractivity contribution in [2.75, 3.05) is 5.34 Å². The van der Waals surface area contributed by atoms with Crippen LogP contribution in [0.4, 0.5) is 26.3 Å².